The molecule has 3 aromatic heterocycles. The van der Waals surface area contributed by atoms with Gasteiger partial charge < -0.3 is 20.4 Å². The molecule has 2 aromatic carbocycles. The van der Waals surface area contributed by atoms with Crippen molar-refractivity contribution in [3.63, 3.8) is 0 Å². The van der Waals surface area contributed by atoms with E-state index in [9.17, 15) is 14.0 Å². The molecule has 2 unspecified atom stereocenters. The number of hydrogen-bond acceptors (Lipinski definition) is 9. The molecule has 0 fully saturated rings. The summed E-state index contributed by atoms with van der Waals surface area (Å²) in [6.07, 6.45) is 3.40. The van der Waals surface area contributed by atoms with Crippen molar-refractivity contribution in [2.75, 3.05) is 10.6 Å². The van der Waals surface area contributed by atoms with E-state index in [4.69, 9.17) is 16.0 Å². The van der Waals surface area contributed by atoms with Crippen LogP contribution in [-0.2, 0) is 4.79 Å². The van der Waals surface area contributed by atoms with Gasteiger partial charge in [-0.15, -0.1) is 10.2 Å². The average Bonchev–Trinajstić information content (AvgIpc) is 3.62. The van der Waals surface area contributed by atoms with Crippen molar-refractivity contribution in [1.82, 2.24) is 35.5 Å². The van der Waals surface area contributed by atoms with Crippen molar-refractivity contribution in [2.24, 2.45) is 5.92 Å². The second-order valence-corrected chi connectivity index (χ2v) is 11.2. The molecule has 2 amide bonds. The molecule has 0 saturated carbocycles. The molecular weight excluding hydrogens is 601 g/mol. The Balaban J connectivity index is 1.32. The number of aromatic nitrogens is 6. The van der Waals surface area contributed by atoms with Crippen LogP contribution in [-0.4, -0.2) is 42.0 Å². The van der Waals surface area contributed by atoms with Crippen LogP contribution in [0.25, 0.3) is 16.8 Å². The van der Waals surface area contributed by atoms with Crippen molar-refractivity contribution in [2.45, 2.75) is 46.1 Å². The summed E-state index contributed by atoms with van der Waals surface area (Å²) in [7, 11) is 0. The fourth-order valence-corrected chi connectivity index (χ4v) is 5.38. The van der Waals surface area contributed by atoms with Crippen LogP contribution in [0.5, 0.6) is 0 Å². The molecule has 12 nitrogen and oxygen atoms in total. The van der Waals surface area contributed by atoms with E-state index in [1.54, 1.807) is 32.2 Å². The third-order valence-corrected chi connectivity index (χ3v) is 7.95. The Labute approximate surface area is 262 Å². The van der Waals surface area contributed by atoms with Gasteiger partial charge >= 0.3 is 6.01 Å². The first-order valence-corrected chi connectivity index (χ1v) is 14.7. The van der Waals surface area contributed by atoms with Gasteiger partial charge in [-0.3, -0.25) is 14.6 Å². The molecule has 3 N–H and O–H groups in total. The minimum atomic E-state index is -0.662. The van der Waals surface area contributed by atoms with Crippen LogP contribution < -0.4 is 16.0 Å². The first-order chi connectivity index (χ1) is 21.7. The maximum atomic E-state index is 14.7. The normalized spacial score (nSPS) is 16.6. The molecule has 14 heteroatoms. The number of carbonyl (C=O) groups is 2. The quantitative estimate of drug-likeness (QED) is 0.209. The molecule has 1 aliphatic rings. The zero-order valence-electron chi connectivity index (χ0n) is 24.6. The highest BCUT2D eigenvalue weighted by Crippen LogP contribution is 2.34. The molecule has 2 bridgehead atoms. The van der Waals surface area contributed by atoms with Gasteiger partial charge in [-0.25, -0.2) is 9.07 Å². The maximum absolute atomic E-state index is 14.7. The van der Waals surface area contributed by atoms with Crippen LogP contribution >= 0.6 is 11.6 Å². The second kappa shape index (κ2) is 12.4. The van der Waals surface area contributed by atoms with Crippen LogP contribution in [0.15, 0.2) is 59.1 Å². The number of halogens is 2. The van der Waals surface area contributed by atoms with Crippen LogP contribution in [0.4, 0.5) is 21.8 Å². The number of nitrogens with zero attached hydrogens (tertiary/aromatic N) is 6. The van der Waals surface area contributed by atoms with Gasteiger partial charge in [0.15, 0.2) is 11.5 Å². The Morgan fingerprint density at radius 2 is 1.96 bits per heavy atom. The number of pyridine rings is 1. The Kier molecular flexibility index (Phi) is 8.26. The SMILES string of the molecule is Cc1nnc(Nc2ccc3c(c2)NC(=O)C(C)CCCC(NC(=O)c2nnn(-c4cccc(Cl)c4F)c2C)c2cc-3ccn2)o1. The van der Waals surface area contributed by atoms with Crippen LogP contribution in [0.2, 0.25) is 5.02 Å². The molecule has 0 saturated heterocycles. The number of anilines is 3. The summed E-state index contributed by atoms with van der Waals surface area (Å²) in [5.74, 6) is -1.15. The lowest BCUT2D eigenvalue weighted by atomic mass is 9.95. The summed E-state index contributed by atoms with van der Waals surface area (Å²) in [6.45, 7) is 5.20. The van der Waals surface area contributed by atoms with Crippen molar-refractivity contribution in [3.05, 3.63) is 88.5 Å². The van der Waals surface area contributed by atoms with E-state index in [1.807, 2.05) is 31.2 Å². The molecule has 0 aliphatic carbocycles. The fraction of sp³-hybridized carbons (Fsp3) is 0.258. The number of nitrogens with one attached hydrogen (secondary N) is 3. The average molecular weight is 630 g/mol. The summed E-state index contributed by atoms with van der Waals surface area (Å²) >= 11 is 5.95. The van der Waals surface area contributed by atoms with Gasteiger partial charge in [0.05, 0.1) is 28.1 Å². The molecule has 230 valence electrons. The van der Waals surface area contributed by atoms with E-state index in [1.165, 1.54) is 16.8 Å². The number of hydrogen-bond donors (Lipinski definition) is 3. The number of aryl methyl sites for hydroxylation is 1. The zero-order valence-corrected chi connectivity index (χ0v) is 25.4. The lowest BCUT2D eigenvalue weighted by molar-refractivity contribution is -0.119. The minimum absolute atomic E-state index is 0.0474. The number of amides is 2. The summed E-state index contributed by atoms with van der Waals surface area (Å²) in [6, 6.07) is 13.5. The predicted octanol–water partition coefficient (Wildman–Crippen LogP) is 6.09. The topological polar surface area (TPSA) is 153 Å². The van der Waals surface area contributed by atoms with Crippen molar-refractivity contribution < 1.29 is 18.4 Å². The smallest absolute Gasteiger partial charge is 0.320 e. The third kappa shape index (κ3) is 6.25. The lowest BCUT2D eigenvalue weighted by Gasteiger charge is -2.22. The molecule has 4 heterocycles. The molecule has 0 radical (unpaired) electrons. The highest BCUT2D eigenvalue weighted by molar-refractivity contribution is 6.30. The van der Waals surface area contributed by atoms with Crippen LogP contribution in [0, 0.1) is 25.6 Å². The van der Waals surface area contributed by atoms with E-state index in [2.05, 4.69) is 41.4 Å². The van der Waals surface area contributed by atoms with E-state index in [0.29, 0.717) is 47.9 Å². The number of carbonyl (C=O) groups excluding carboxylic acids is 2. The second-order valence-electron chi connectivity index (χ2n) is 10.8. The van der Waals surface area contributed by atoms with Gasteiger partial charge in [0.2, 0.25) is 11.8 Å². The fourth-order valence-electron chi connectivity index (χ4n) is 5.21. The van der Waals surface area contributed by atoms with Gasteiger partial charge in [-0.05, 0) is 61.7 Å². The molecule has 45 heavy (non-hydrogen) atoms. The molecule has 5 aromatic rings. The first kappa shape index (κ1) is 29.9. The molecular formula is C31H29ClFN9O3. The third-order valence-electron chi connectivity index (χ3n) is 7.66. The Hall–Kier alpha value is -5.17. The zero-order chi connectivity index (χ0) is 31.7. The van der Waals surface area contributed by atoms with Gasteiger partial charge in [-0.1, -0.05) is 47.4 Å². The van der Waals surface area contributed by atoms with Gasteiger partial charge in [-0.2, -0.15) is 0 Å². The number of rotatable bonds is 5. The van der Waals surface area contributed by atoms with Gasteiger partial charge in [0, 0.05) is 30.3 Å². The van der Waals surface area contributed by atoms with Gasteiger partial charge in [0.1, 0.15) is 5.69 Å². The Morgan fingerprint density at radius 1 is 1.11 bits per heavy atom. The lowest BCUT2D eigenvalue weighted by Crippen LogP contribution is -2.30. The highest BCUT2D eigenvalue weighted by Gasteiger charge is 2.25. The molecule has 2 atom stereocenters. The van der Waals surface area contributed by atoms with E-state index >= 15 is 0 Å². The van der Waals surface area contributed by atoms with E-state index in [-0.39, 0.29) is 34.2 Å². The predicted molar refractivity (Wildman–Crippen MR) is 165 cm³/mol. The summed E-state index contributed by atoms with van der Waals surface area (Å²) in [4.78, 5) is 31.4. The largest absolute Gasteiger partial charge is 0.408 e. The highest BCUT2D eigenvalue weighted by atomic mass is 35.5. The summed E-state index contributed by atoms with van der Waals surface area (Å²) < 4.78 is 21.4. The summed E-state index contributed by atoms with van der Waals surface area (Å²) in [5.41, 5.74) is 3.92. The maximum Gasteiger partial charge on any atom is 0.320 e. The number of benzene rings is 2. The molecule has 6 rings (SSSR count). The standard InChI is InChI=1S/C31H29ClFN9O3/c1-16-6-4-8-23(36-30(44)28-17(2)42(41-39-28)26-9-5-7-22(32)27(26)33)25-14-19(12-13-34-25)21-11-10-20(15-24(21)37-29(16)43)35-31-40-38-18(3)45-31/h5,7,9-16,23H,4,6,8H2,1-3H3,(H,35,40)(H,36,44)(H,37,43). The summed E-state index contributed by atoms with van der Waals surface area (Å²) in [5, 5.41) is 25.0. The van der Waals surface area contributed by atoms with Crippen molar-refractivity contribution in [3.8, 4) is 16.8 Å². The number of fused-ring (bicyclic) bond motifs is 4. The Morgan fingerprint density at radius 3 is 2.76 bits per heavy atom. The van der Waals surface area contributed by atoms with E-state index in [0.717, 1.165) is 11.1 Å². The minimum Gasteiger partial charge on any atom is -0.408 e. The van der Waals surface area contributed by atoms with Crippen LogP contribution in [0.3, 0.4) is 0 Å². The Bertz CT molecular complexity index is 1910. The molecule has 0 spiro atoms. The van der Waals surface area contributed by atoms with Crippen LogP contribution in [0.1, 0.15) is 60.0 Å². The van der Waals surface area contributed by atoms with E-state index < -0.39 is 17.8 Å². The molecule has 1 aliphatic heterocycles. The van der Waals surface area contributed by atoms with Crippen molar-refractivity contribution in [1.29, 1.82) is 0 Å². The van der Waals surface area contributed by atoms with Crippen molar-refractivity contribution >= 4 is 40.8 Å². The first-order valence-electron chi connectivity index (χ1n) is 14.3. The monoisotopic (exact) mass is 629 g/mol. The van der Waals surface area contributed by atoms with Gasteiger partial charge in [0.25, 0.3) is 5.91 Å².